The van der Waals surface area contributed by atoms with E-state index in [0.717, 1.165) is 4.90 Å². The van der Waals surface area contributed by atoms with Crippen LogP contribution in [0.3, 0.4) is 0 Å². The van der Waals surface area contributed by atoms with Gasteiger partial charge >= 0.3 is 6.03 Å². The van der Waals surface area contributed by atoms with Gasteiger partial charge in [0.1, 0.15) is 0 Å². The highest BCUT2D eigenvalue weighted by molar-refractivity contribution is 6.11. The van der Waals surface area contributed by atoms with E-state index in [9.17, 15) is 14.7 Å². The molecular weight excluding hydrogens is 294 g/mol. The number of hydrogen-bond donors (Lipinski definition) is 2. The van der Waals surface area contributed by atoms with Gasteiger partial charge in [-0.1, -0.05) is 36.4 Å². The molecule has 3 rings (SSSR count). The molecule has 118 valence electrons. The van der Waals surface area contributed by atoms with Crippen LogP contribution in [0.25, 0.3) is 0 Å². The van der Waals surface area contributed by atoms with Gasteiger partial charge in [-0.05, 0) is 18.2 Å². The fraction of sp³-hybridized carbons (Fsp3) is 0.176. The van der Waals surface area contributed by atoms with Crippen molar-refractivity contribution >= 4 is 23.3 Å². The number of nitrogens with zero attached hydrogens (tertiary/aromatic N) is 2. The van der Waals surface area contributed by atoms with Crippen molar-refractivity contribution in [3.8, 4) is 0 Å². The first-order chi connectivity index (χ1) is 11.0. The average molecular weight is 311 g/mol. The maximum Gasteiger partial charge on any atom is 0.329 e. The molecule has 2 N–H and O–H groups in total. The quantitative estimate of drug-likeness (QED) is 0.890. The molecule has 0 radical (unpaired) electrons. The Balaban J connectivity index is 2.26. The van der Waals surface area contributed by atoms with Crippen LogP contribution in [-0.2, 0) is 10.5 Å². The van der Waals surface area contributed by atoms with Gasteiger partial charge in [0.05, 0.1) is 5.69 Å². The molecule has 0 fully saturated rings. The van der Waals surface area contributed by atoms with Crippen molar-refractivity contribution in [2.75, 3.05) is 24.3 Å². The lowest BCUT2D eigenvalue weighted by Crippen LogP contribution is -2.62. The van der Waals surface area contributed by atoms with E-state index < -0.39 is 17.7 Å². The lowest BCUT2D eigenvalue weighted by molar-refractivity contribution is -0.149. The SMILES string of the molecule is CN(C)C(=O)C1(O)c2ccccc2NC(=O)N1c1ccccc1. The standard InChI is InChI=1S/C17H17N3O3/c1-19(2)15(21)17(23)13-10-6-7-11-14(13)18-16(22)20(17)12-8-4-3-5-9-12/h3-11,23H,1-2H3,(H,18,22). The van der Waals surface area contributed by atoms with Gasteiger partial charge < -0.3 is 15.3 Å². The van der Waals surface area contributed by atoms with Gasteiger partial charge in [0.15, 0.2) is 0 Å². The van der Waals surface area contributed by atoms with Crippen LogP contribution in [0, 0.1) is 0 Å². The van der Waals surface area contributed by atoms with Gasteiger partial charge in [0.2, 0.25) is 0 Å². The lowest BCUT2D eigenvalue weighted by atomic mass is 9.94. The number of carbonyl (C=O) groups excluding carboxylic acids is 2. The summed E-state index contributed by atoms with van der Waals surface area (Å²) < 4.78 is 0. The third kappa shape index (κ3) is 2.24. The molecule has 1 aliphatic rings. The highest BCUT2D eigenvalue weighted by atomic mass is 16.3. The normalized spacial score (nSPS) is 19.8. The van der Waals surface area contributed by atoms with Gasteiger partial charge in [-0.3, -0.25) is 9.69 Å². The molecule has 2 aromatic carbocycles. The van der Waals surface area contributed by atoms with Gasteiger partial charge in [-0.2, -0.15) is 0 Å². The van der Waals surface area contributed by atoms with E-state index in [1.165, 1.54) is 4.90 Å². The number of amides is 3. The maximum absolute atomic E-state index is 12.8. The number of benzene rings is 2. The molecule has 6 heteroatoms. The fourth-order valence-electron chi connectivity index (χ4n) is 2.74. The first kappa shape index (κ1) is 15.1. The smallest absolute Gasteiger partial charge is 0.329 e. The predicted octanol–water partition coefficient (Wildman–Crippen LogP) is 1.97. The van der Waals surface area contributed by atoms with Crippen molar-refractivity contribution in [1.82, 2.24) is 4.90 Å². The second-order valence-corrected chi connectivity index (χ2v) is 5.52. The second-order valence-electron chi connectivity index (χ2n) is 5.52. The second kappa shape index (κ2) is 5.40. The number of rotatable bonds is 2. The minimum Gasteiger partial charge on any atom is -0.359 e. The average Bonchev–Trinajstić information content (AvgIpc) is 2.55. The number of aliphatic hydroxyl groups is 1. The number of hydrogen-bond acceptors (Lipinski definition) is 3. The summed E-state index contributed by atoms with van der Waals surface area (Å²) in [6.07, 6.45) is 0. The van der Waals surface area contributed by atoms with Gasteiger partial charge in [0.25, 0.3) is 11.6 Å². The number of fused-ring (bicyclic) bond motifs is 1. The molecule has 0 saturated carbocycles. The minimum absolute atomic E-state index is 0.335. The Morgan fingerprint density at radius 3 is 2.35 bits per heavy atom. The van der Waals surface area contributed by atoms with Crippen LogP contribution in [-0.4, -0.2) is 36.0 Å². The van der Waals surface area contributed by atoms with E-state index in [1.54, 1.807) is 68.7 Å². The molecule has 6 nitrogen and oxygen atoms in total. The summed E-state index contributed by atoms with van der Waals surface area (Å²) in [7, 11) is 3.08. The maximum atomic E-state index is 12.8. The van der Waals surface area contributed by atoms with E-state index in [1.807, 2.05) is 0 Å². The molecule has 0 spiro atoms. The Labute approximate surface area is 133 Å². The lowest BCUT2D eigenvalue weighted by Gasteiger charge is -2.43. The van der Waals surface area contributed by atoms with Crippen LogP contribution in [0.1, 0.15) is 5.56 Å². The Hall–Kier alpha value is -2.86. The van der Waals surface area contributed by atoms with Gasteiger partial charge in [0, 0.05) is 25.3 Å². The van der Waals surface area contributed by atoms with Gasteiger partial charge in [-0.15, -0.1) is 0 Å². The highest BCUT2D eigenvalue weighted by Crippen LogP contribution is 2.40. The van der Waals surface area contributed by atoms with E-state index >= 15 is 0 Å². The van der Waals surface area contributed by atoms with Crippen molar-refractivity contribution < 1.29 is 14.7 Å². The van der Waals surface area contributed by atoms with Crippen LogP contribution < -0.4 is 10.2 Å². The summed E-state index contributed by atoms with van der Waals surface area (Å²) in [4.78, 5) is 27.7. The van der Waals surface area contributed by atoms with Gasteiger partial charge in [-0.25, -0.2) is 4.79 Å². The Bertz CT molecular complexity index is 761. The zero-order valence-electron chi connectivity index (χ0n) is 12.9. The molecule has 2 aromatic rings. The summed E-state index contributed by atoms with van der Waals surface area (Å²) in [5, 5.41) is 14.0. The summed E-state index contributed by atoms with van der Waals surface area (Å²) >= 11 is 0. The van der Waals surface area contributed by atoms with E-state index in [0.29, 0.717) is 16.9 Å². The van der Waals surface area contributed by atoms with Crippen molar-refractivity contribution in [3.05, 3.63) is 60.2 Å². The molecule has 1 unspecified atom stereocenters. The number of nitrogens with one attached hydrogen (secondary N) is 1. The van der Waals surface area contributed by atoms with Crippen molar-refractivity contribution in [1.29, 1.82) is 0 Å². The molecule has 0 aliphatic carbocycles. The largest absolute Gasteiger partial charge is 0.359 e. The van der Waals surface area contributed by atoms with Crippen molar-refractivity contribution in [3.63, 3.8) is 0 Å². The molecule has 23 heavy (non-hydrogen) atoms. The fourth-order valence-corrected chi connectivity index (χ4v) is 2.74. The number of urea groups is 1. The zero-order valence-corrected chi connectivity index (χ0v) is 12.9. The molecule has 3 amide bonds. The molecule has 0 aromatic heterocycles. The number of likely N-dealkylation sites (N-methyl/N-ethyl adjacent to an activating group) is 1. The van der Waals surface area contributed by atoms with Crippen LogP contribution >= 0.6 is 0 Å². The first-order valence-electron chi connectivity index (χ1n) is 7.16. The molecule has 1 heterocycles. The number of carbonyl (C=O) groups is 2. The van der Waals surface area contributed by atoms with E-state index in [2.05, 4.69) is 5.32 Å². The molecule has 0 bridgehead atoms. The van der Waals surface area contributed by atoms with Crippen molar-refractivity contribution in [2.24, 2.45) is 0 Å². The molecule has 0 saturated heterocycles. The topological polar surface area (TPSA) is 72.9 Å². The highest BCUT2D eigenvalue weighted by Gasteiger charge is 2.52. The summed E-state index contributed by atoms with van der Waals surface area (Å²) in [6.45, 7) is 0. The minimum atomic E-state index is -2.11. The summed E-state index contributed by atoms with van der Waals surface area (Å²) in [5.74, 6) is -0.594. The monoisotopic (exact) mass is 311 g/mol. The Morgan fingerprint density at radius 2 is 1.70 bits per heavy atom. The first-order valence-corrected chi connectivity index (χ1v) is 7.16. The molecule has 1 aliphatic heterocycles. The Kier molecular flexibility index (Phi) is 3.54. The zero-order chi connectivity index (χ0) is 16.6. The van der Waals surface area contributed by atoms with Crippen LogP contribution in [0.4, 0.5) is 16.2 Å². The summed E-state index contributed by atoms with van der Waals surface area (Å²) in [5.41, 5.74) is -0.925. The van der Waals surface area contributed by atoms with Crippen LogP contribution in [0.15, 0.2) is 54.6 Å². The Morgan fingerprint density at radius 1 is 1.09 bits per heavy atom. The van der Waals surface area contributed by atoms with E-state index in [4.69, 9.17) is 0 Å². The number of para-hydroxylation sites is 2. The third-order valence-electron chi connectivity index (χ3n) is 3.79. The van der Waals surface area contributed by atoms with Crippen LogP contribution in [0.5, 0.6) is 0 Å². The van der Waals surface area contributed by atoms with E-state index in [-0.39, 0.29) is 0 Å². The van der Waals surface area contributed by atoms with Crippen LogP contribution in [0.2, 0.25) is 0 Å². The summed E-state index contributed by atoms with van der Waals surface area (Å²) in [6, 6.07) is 14.8. The van der Waals surface area contributed by atoms with Crippen molar-refractivity contribution in [2.45, 2.75) is 5.72 Å². The molecule has 1 atom stereocenters. The number of anilines is 2. The predicted molar refractivity (Wildman–Crippen MR) is 87.0 cm³/mol. The third-order valence-corrected chi connectivity index (χ3v) is 3.79. The molecular formula is C17H17N3O3.